The lowest BCUT2D eigenvalue weighted by atomic mass is 9.96. The van der Waals surface area contributed by atoms with Crippen molar-refractivity contribution in [3.05, 3.63) is 89.7 Å². The van der Waals surface area contributed by atoms with Gasteiger partial charge < -0.3 is 19.2 Å². The van der Waals surface area contributed by atoms with Gasteiger partial charge in [0.25, 0.3) is 0 Å². The van der Waals surface area contributed by atoms with Crippen LogP contribution in [0, 0.1) is 6.92 Å². The summed E-state index contributed by atoms with van der Waals surface area (Å²) in [6.45, 7) is 9.64. The molecular weight excluding hydrogens is 462 g/mol. The lowest BCUT2D eigenvalue weighted by Gasteiger charge is -2.15. The number of hydrogen-bond acceptors (Lipinski definition) is 4. The molecule has 1 amide bonds. The maximum absolute atomic E-state index is 12.7. The molecule has 37 heavy (non-hydrogen) atoms. The fourth-order valence-electron chi connectivity index (χ4n) is 4.53. The smallest absolute Gasteiger partial charge is 0.244 e. The lowest BCUT2D eigenvalue weighted by molar-refractivity contribution is -0.116. The Morgan fingerprint density at radius 3 is 2.43 bits per heavy atom. The largest absolute Gasteiger partial charge is 0.494 e. The van der Waals surface area contributed by atoms with Crippen LogP contribution >= 0.6 is 0 Å². The Morgan fingerprint density at radius 2 is 1.73 bits per heavy atom. The summed E-state index contributed by atoms with van der Waals surface area (Å²) in [5, 5.41) is 4.00. The third-order valence-electron chi connectivity index (χ3n) is 6.37. The van der Waals surface area contributed by atoms with E-state index in [9.17, 15) is 4.79 Å². The summed E-state index contributed by atoms with van der Waals surface area (Å²) in [6.07, 6.45) is 5.26. The van der Waals surface area contributed by atoms with Gasteiger partial charge >= 0.3 is 0 Å². The number of benzene rings is 3. The minimum atomic E-state index is -0.107. The van der Waals surface area contributed by atoms with E-state index in [0.717, 1.165) is 63.1 Å². The van der Waals surface area contributed by atoms with Crippen LogP contribution in [0.1, 0.15) is 43.9 Å². The summed E-state index contributed by atoms with van der Waals surface area (Å²) < 4.78 is 17.6. The SMILES string of the molecule is CCOc1ccc(-c2coc3c(C)c(OCC)c(/C(C)=C/C(=O)NCCCc4ccccc4)cc23)cc1. The number of rotatable bonds is 11. The van der Waals surface area contributed by atoms with Crippen LogP contribution in [0.2, 0.25) is 0 Å². The Morgan fingerprint density at radius 1 is 1.00 bits per heavy atom. The maximum atomic E-state index is 12.7. The first-order valence-electron chi connectivity index (χ1n) is 12.9. The Balaban J connectivity index is 1.58. The summed E-state index contributed by atoms with van der Waals surface area (Å²) in [5.41, 5.74) is 6.74. The highest BCUT2D eigenvalue weighted by molar-refractivity contribution is 6.01. The molecule has 0 saturated carbocycles. The monoisotopic (exact) mass is 497 g/mol. The normalized spacial score (nSPS) is 11.5. The summed E-state index contributed by atoms with van der Waals surface area (Å²) in [5.74, 6) is 1.47. The summed E-state index contributed by atoms with van der Waals surface area (Å²) >= 11 is 0. The zero-order chi connectivity index (χ0) is 26.2. The molecule has 0 radical (unpaired) electrons. The molecule has 0 aliphatic rings. The first-order valence-corrected chi connectivity index (χ1v) is 12.9. The minimum Gasteiger partial charge on any atom is -0.494 e. The molecule has 0 aliphatic heterocycles. The first-order chi connectivity index (χ1) is 18.0. The van der Waals surface area contributed by atoms with Gasteiger partial charge in [0.1, 0.15) is 17.1 Å². The van der Waals surface area contributed by atoms with E-state index in [1.54, 1.807) is 12.3 Å². The van der Waals surface area contributed by atoms with Crippen LogP contribution in [0.3, 0.4) is 0 Å². The second-order valence-electron chi connectivity index (χ2n) is 9.00. The molecule has 0 aliphatic carbocycles. The number of hydrogen-bond donors (Lipinski definition) is 1. The quantitative estimate of drug-likeness (QED) is 0.174. The molecular formula is C32H35NO4. The van der Waals surface area contributed by atoms with E-state index in [2.05, 4.69) is 23.5 Å². The van der Waals surface area contributed by atoms with Crippen molar-refractivity contribution in [3.8, 4) is 22.6 Å². The predicted molar refractivity (Wildman–Crippen MR) is 150 cm³/mol. The van der Waals surface area contributed by atoms with Crippen molar-refractivity contribution in [3.63, 3.8) is 0 Å². The standard InChI is InChI=1S/C32H35NO4/c1-5-35-26-16-14-25(15-17-26)29-21-37-32-23(4)31(36-6-2)27(20-28(29)32)22(3)19-30(34)33-18-10-13-24-11-8-7-9-12-24/h7-9,11-12,14-17,19-21H,5-6,10,13,18H2,1-4H3,(H,33,34)/b22-19+. The van der Waals surface area contributed by atoms with Gasteiger partial charge in [0.15, 0.2) is 0 Å². The average Bonchev–Trinajstić information content (AvgIpc) is 3.34. The topological polar surface area (TPSA) is 60.7 Å². The van der Waals surface area contributed by atoms with Crippen molar-refractivity contribution in [2.24, 2.45) is 0 Å². The van der Waals surface area contributed by atoms with Crippen LogP contribution in [-0.4, -0.2) is 25.7 Å². The molecule has 0 saturated heterocycles. The Labute approximate surface area is 219 Å². The highest BCUT2D eigenvalue weighted by Crippen LogP contribution is 2.41. The van der Waals surface area contributed by atoms with E-state index < -0.39 is 0 Å². The molecule has 0 spiro atoms. The fourth-order valence-corrected chi connectivity index (χ4v) is 4.53. The summed E-state index contributed by atoms with van der Waals surface area (Å²) in [4.78, 5) is 12.7. The number of ether oxygens (including phenoxy) is 2. The van der Waals surface area contributed by atoms with E-state index in [4.69, 9.17) is 13.9 Å². The van der Waals surface area contributed by atoms with Gasteiger partial charge in [-0.1, -0.05) is 42.5 Å². The minimum absolute atomic E-state index is 0.107. The molecule has 3 aromatic carbocycles. The number of amides is 1. The average molecular weight is 498 g/mol. The molecule has 0 atom stereocenters. The molecule has 1 N–H and O–H groups in total. The van der Waals surface area contributed by atoms with E-state index in [1.807, 2.05) is 70.2 Å². The van der Waals surface area contributed by atoms with Crippen LogP contribution in [0.5, 0.6) is 11.5 Å². The van der Waals surface area contributed by atoms with Crippen molar-refractivity contribution >= 4 is 22.4 Å². The van der Waals surface area contributed by atoms with Crippen molar-refractivity contribution in [1.82, 2.24) is 5.32 Å². The third kappa shape index (κ3) is 6.23. The number of allylic oxidation sites excluding steroid dienone is 1. The molecule has 0 unspecified atom stereocenters. The van der Waals surface area contributed by atoms with E-state index in [1.165, 1.54) is 5.56 Å². The number of carbonyl (C=O) groups is 1. The number of nitrogens with one attached hydrogen (secondary N) is 1. The lowest BCUT2D eigenvalue weighted by Crippen LogP contribution is -2.22. The number of aryl methyl sites for hydroxylation is 2. The van der Waals surface area contributed by atoms with Gasteiger partial charge in [0, 0.05) is 34.7 Å². The first kappa shape index (κ1) is 26.1. The fraction of sp³-hybridized carbons (Fsp3) is 0.281. The van der Waals surface area contributed by atoms with Crippen LogP contribution in [0.15, 0.2) is 77.4 Å². The zero-order valence-electron chi connectivity index (χ0n) is 22.1. The van der Waals surface area contributed by atoms with Gasteiger partial charge in [-0.05, 0) is 75.4 Å². The van der Waals surface area contributed by atoms with E-state index in [0.29, 0.717) is 19.8 Å². The van der Waals surface area contributed by atoms with Gasteiger partial charge in [0.05, 0.1) is 19.5 Å². The molecule has 192 valence electrons. The highest BCUT2D eigenvalue weighted by Gasteiger charge is 2.19. The Kier molecular flexibility index (Phi) is 8.68. The van der Waals surface area contributed by atoms with E-state index >= 15 is 0 Å². The van der Waals surface area contributed by atoms with Crippen LogP contribution < -0.4 is 14.8 Å². The molecule has 1 aromatic heterocycles. The molecule has 4 rings (SSSR count). The van der Waals surface area contributed by atoms with Crippen LogP contribution in [0.25, 0.3) is 27.7 Å². The zero-order valence-corrected chi connectivity index (χ0v) is 22.1. The van der Waals surface area contributed by atoms with E-state index in [-0.39, 0.29) is 5.91 Å². The van der Waals surface area contributed by atoms with Crippen molar-refractivity contribution in [2.75, 3.05) is 19.8 Å². The van der Waals surface area contributed by atoms with Crippen LogP contribution in [-0.2, 0) is 11.2 Å². The molecule has 0 bridgehead atoms. The number of fused-ring (bicyclic) bond motifs is 1. The molecule has 1 heterocycles. The molecule has 0 fully saturated rings. The highest BCUT2D eigenvalue weighted by atomic mass is 16.5. The van der Waals surface area contributed by atoms with Gasteiger partial charge in [-0.25, -0.2) is 0 Å². The summed E-state index contributed by atoms with van der Waals surface area (Å²) in [7, 11) is 0. The maximum Gasteiger partial charge on any atom is 0.244 e. The number of furan rings is 1. The van der Waals surface area contributed by atoms with Crippen molar-refractivity contribution in [2.45, 2.75) is 40.5 Å². The Bertz CT molecular complexity index is 1370. The van der Waals surface area contributed by atoms with Crippen LogP contribution in [0.4, 0.5) is 0 Å². The van der Waals surface area contributed by atoms with Crippen molar-refractivity contribution in [1.29, 1.82) is 0 Å². The molecule has 5 nitrogen and oxygen atoms in total. The van der Waals surface area contributed by atoms with Gasteiger partial charge in [-0.2, -0.15) is 0 Å². The number of carbonyl (C=O) groups excluding carboxylic acids is 1. The molecule has 5 heteroatoms. The van der Waals surface area contributed by atoms with Gasteiger partial charge in [-0.15, -0.1) is 0 Å². The van der Waals surface area contributed by atoms with Gasteiger partial charge in [0.2, 0.25) is 5.91 Å². The van der Waals surface area contributed by atoms with Crippen molar-refractivity contribution < 1.29 is 18.7 Å². The third-order valence-corrected chi connectivity index (χ3v) is 6.37. The molecule has 4 aromatic rings. The second kappa shape index (κ2) is 12.3. The Hall–Kier alpha value is -3.99. The summed E-state index contributed by atoms with van der Waals surface area (Å²) in [6, 6.07) is 20.4. The van der Waals surface area contributed by atoms with Gasteiger partial charge in [-0.3, -0.25) is 4.79 Å². The predicted octanol–water partition coefficient (Wildman–Crippen LogP) is 7.36. The second-order valence-corrected chi connectivity index (χ2v) is 9.00.